The molecule has 4 amide bonds. The first-order valence-corrected chi connectivity index (χ1v) is 8.08. The fourth-order valence-corrected chi connectivity index (χ4v) is 2.35. The highest BCUT2D eigenvalue weighted by molar-refractivity contribution is 6.30. The third kappa shape index (κ3) is 4.60. The highest BCUT2D eigenvalue weighted by Crippen LogP contribution is 2.22. The van der Waals surface area contributed by atoms with Gasteiger partial charge in [-0.25, -0.2) is 23.3 Å². The number of rotatable bonds is 3. The van der Waals surface area contributed by atoms with Crippen LogP contribution >= 0.6 is 11.6 Å². The molecule has 1 aromatic rings. The Hall–Kier alpha value is -2.42. The van der Waals surface area contributed by atoms with E-state index in [2.05, 4.69) is 10.6 Å². The number of amides is 4. The van der Waals surface area contributed by atoms with Crippen LogP contribution in [-0.4, -0.2) is 41.1 Å². The van der Waals surface area contributed by atoms with Crippen molar-refractivity contribution >= 4 is 29.6 Å². The Labute approximate surface area is 153 Å². The number of ether oxygens (including phenoxy) is 1. The van der Waals surface area contributed by atoms with E-state index in [1.165, 1.54) is 0 Å². The largest absolute Gasteiger partial charge is 0.443 e. The van der Waals surface area contributed by atoms with Gasteiger partial charge in [-0.1, -0.05) is 17.7 Å². The van der Waals surface area contributed by atoms with E-state index in [9.17, 15) is 23.2 Å². The van der Waals surface area contributed by atoms with Crippen LogP contribution in [0.15, 0.2) is 12.1 Å². The van der Waals surface area contributed by atoms with Crippen LogP contribution in [0.25, 0.3) is 0 Å². The Morgan fingerprint density at radius 1 is 1.38 bits per heavy atom. The lowest BCUT2D eigenvalue weighted by molar-refractivity contribution is -0.122. The first-order valence-electron chi connectivity index (χ1n) is 7.70. The lowest BCUT2D eigenvalue weighted by atomic mass is 10.2. The fraction of sp³-hybridized carbons (Fsp3) is 0.438. The molecule has 7 nitrogen and oxygen atoms in total. The number of nitrogens with one attached hydrogen (secondary N) is 2. The molecule has 1 aliphatic heterocycles. The molecule has 142 valence electrons. The van der Waals surface area contributed by atoms with Gasteiger partial charge < -0.3 is 15.4 Å². The molecule has 0 unspecified atom stereocenters. The van der Waals surface area contributed by atoms with Crippen molar-refractivity contribution in [1.82, 2.24) is 15.5 Å². The van der Waals surface area contributed by atoms with Crippen molar-refractivity contribution in [2.45, 2.75) is 39.0 Å². The van der Waals surface area contributed by atoms with Gasteiger partial charge in [-0.3, -0.25) is 4.79 Å². The first-order chi connectivity index (χ1) is 12.0. The minimum absolute atomic E-state index is 0.0157. The number of carbonyl (C=O) groups excluding carboxylic acids is 3. The predicted octanol–water partition coefficient (Wildman–Crippen LogP) is 2.56. The van der Waals surface area contributed by atoms with E-state index < -0.39 is 46.3 Å². The maximum Gasteiger partial charge on any atom is 0.418 e. The van der Waals surface area contributed by atoms with E-state index in [4.69, 9.17) is 16.3 Å². The van der Waals surface area contributed by atoms with Crippen LogP contribution in [0.5, 0.6) is 0 Å². The number of carbonyl (C=O) groups is 3. The van der Waals surface area contributed by atoms with Gasteiger partial charge in [-0.15, -0.1) is 0 Å². The Morgan fingerprint density at radius 3 is 2.65 bits per heavy atom. The van der Waals surface area contributed by atoms with Gasteiger partial charge in [-0.05, 0) is 26.8 Å². The average Bonchev–Trinajstić information content (AvgIpc) is 2.92. The van der Waals surface area contributed by atoms with Crippen molar-refractivity contribution < 1.29 is 27.9 Å². The van der Waals surface area contributed by atoms with E-state index in [0.29, 0.717) is 0 Å². The quantitative estimate of drug-likeness (QED) is 0.778. The smallest absolute Gasteiger partial charge is 0.418 e. The summed E-state index contributed by atoms with van der Waals surface area (Å²) < 4.78 is 32.0. The Bertz CT molecular complexity index is 752. The molecule has 1 heterocycles. The van der Waals surface area contributed by atoms with E-state index in [1.54, 1.807) is 20.8 Å². The minimum Gasteiger partial charge on any atom is -0.443 e. The molecule has 1 saturated heterocycles. The van der Waals surface area contributed by atoms with Crippen LogP contribution in [0.2, 0.25) is 5.02 Å². The van der Waals surface area contributed by atoms with Crippen LogP contribution in [0, 0.1) is 11.6 Å². The summed E-state index contributed by atoms with van der Waals surface area (Å²) in [6.07, 6.45) is -0.873. The number of nitrogens with zero attached hydrogens (tertiary/aromatic N) is 1. The average molecular weight is 390 g/mol. The normalized spacial score (nSPS) is 17.1. The van der Waals surface area contributed by atoms with Gasteiger partial charge in [0.25, 0.3) is 0 Å². The number of urea groups is 1. The van der Waals surface area contributed by atoms with Crippen LogP contribution in [0.1, 0.15) is 26.3 Å². The van der Waals surface area contributed by atoms with Crippen molar-refractivity contribution in [3.8, 4) is 0 Å². The number of imide groups is 1. The Morgan fingerprint density at radius 2 is 2.04 bits per heavy atom. The molecule has 2 rings (SSSR count). The molecule has 0 spiro atoms. The predicted molar refractivity (Wildman–Crippen MR) is 88.5 cm³/mol. The first kappa shape index (κ1) is 19.9. The number of hydrogen-bond donors (Lipinski definition) is 2. The van der Waals surface area contributed by atoms with E-state index in [1.807, 2.05) is 0 Å². The Kier molecular flexibility index (Phi) is 5.70. The molecule has 0 bridgehead atoms. The molecule has 0 aromatic heterocycles. The lowest BCUT2D eigenvalue weighted by Crippen LogP contribution is -2.42. The van der Waals surface area contributed by atoms with E-state index in [0.717, 1.165) is 17.0 Å². The summed E-state index contributed by atoms with van der Waals surface area (Å²) >= 11 is 5.47. The second kappa shape index (κ2) is 7.45. The van der Waals surface area contributed by atoms with Crippen LogP contribution < -0.4 is 10.6 Å². The number of halogens is 3. The third-order valence-electron chi connectivity index (χ3n) is 3.41. The molecule has 2 N–H and O–H groups in total. The van der Waals surface area contributed by atoms with Crippen molar-refractivity contribution in [2.24, 2.45) is 0 Å². The van der Waals surface area contributed by atoms with Crippen molar-refractivity contribution in [3.05, 3.63) is 34.4 Å². The van der Waals surface area contributed by atoms with Crippen LogP contribution in [-0.2, 0) is 16.1 Å². The fourth-order valence-electron chi connectivity index (χ4n) is 2.17. The molecule has 1 aromatic carbocycles. The molecule has 1 fully saturated rings. The highest BCUT2D eigenvalue weighted by atomic mass is 35.5. The minimum atomic E-state index is -1.02. The molecule has 0 radical (unpaired) electrons. The number of hydrogen-bond acceptors (Lipinski definition) is 4. The van der Waals surface area contributed by atoms with Gasteiger partial charge in [0.2, 0.25) is 5.91 Å². The van der Waals surface area contributed by atoms with Gasteiger partial charge in [0.05, 0.1) is 6.54 Å². The monoisotopic (exact) mass is 389 g/mol. The van der Waals surface area contributed by atoms with Crippen molar-refractivity contribution in [1.29, 1.82) is 0 Å². The lowest BCUT2D eigenvalue weighted by Gasteiger charge is -2.22. The zero-order chi connectivity index (χ0) is 19.6. The summed E-state index contributed by atoms with van der Waals surface area (Å²) in [4.78, 5) is 36.7. The molecule has 1 aliphatic rings. The van der Waals surface area contributed by atoms with E-state index in [-0.39, 0.29) is 18.7 Å². The summed E-state index contributed by atoms with van der Waals surface area (Å²) in [5, 5.41) is 4.07. The van der Waals surface area contributed by atoms with Crippen molar-refractivity contribution in [2.75, 3.05) is 6.54 Å². The zero-order valence-electron chi connectivity index (χ0n) is 14.4. The summed E-state index contributed by atoms with van der Waals surface area (Å²) in [7, 11) is 0. The summed E-state index contributed by atoms with van der Waals surface area (Å²) in [6, 6.07) is 0.343. The molecule has 0 saturated carbocycles. The van der Waals surface area contributed by atoms with Gasteiger partial charge in [-0.2, -0.15) is 0 Å². The third-order valence-corrected chi connectivity index (χ3v) is 3.75. The van der Waals surface area contributed by atoms with Crippen LogP contribution in [0.4, 0.5) is 18.4 Å². The SMILES string of the molecule is CC(C)(C)OC(=O)N1C[C@@H](C(=O)NCc2ccc(F)c(Cl)c2F)NC1=O. The second-order valence-electron chi connectivity index (χ2n) is 6.65. The molecule has 10 heteroatoms. The number of benzene rings is 1. The van der Waals surface area contributed by atoms with Crippen LogP contribution in [0.3, 0.4) is 0 Å². The van der Waals surface area contributed by atoms with Crippen molar-refractivity contribution in [3.63, 3.8) is 0 Å². The van der Waals surface area contributed by atoms with Gasteiger partial charge >= 0.3 is 12.1 Å². The molecule has 0 aliphatic carbocycles. The topological polar surface area (TPSA) is 87.7 Å². The maximum absolute atomic E-state index is 13.8. The standard InChI is InChI=1S/C16H18ClF2N3O4/c1-16(2,3)26-15(25)22-7-10(21-14(22)24)13(23)20-6-8-4-5-9(18)11(17)12(8)19/h4-5,10H,6-7H2,1-3H3,(H,20,23)(H,21,24)/t10-/m0/s1. The summed E-state index contributed by atoms with van der Waals surface area (Å²) in [5.41, 5.74) is -0.810. The maximum atomic E-state index is 13.8. The molecule has 26 heavy (non-hydrogen) atoms. The van der Waals surface area contributed by atoms with E-state index >= 15 is 0 Å². The van der Waals surface area contributed by atoms with Gasteiger partial charge in [0.1, 0.15) is 28.3 Å². The van der Waals surface area contributed by atoms with Gasteiger partial charge in [0.15, 0.2) is 0 Å². The molecular formula is C16H18ClF2N3O4. The summed E-state index contributed by atoms with van der Waals surface area (Å²) in [5.74, 6) is -2.52. The second-order valence-corrected chi connectivity index (χ2v) is 7.02. The molecular weight excluding hydrogens is 372 g/mol. The summed E-state index contributed by atoms with van der Waals surface area (Å²) in [6.45, 7) is 4.44. The highest BCUT2D eigenvalue weighted by Gasteiger charge is 2.39. The van der Waals surface area contributed by atoms with Gasteiger partial charge in [0, 0.05) is 12.1 Å². The zero-order valence-corrected chi connectivity index (χ0v) is 15.1. The Balaban J connectivity index is 1.96. The molecule has 1 atom stereocenters.